The van der Waals surface area contributed by atoms with E-state index in [1.807, 2.05) is 0 Å². The van der Waals surface area contributed by atoms with Crippen molar-refractivity contribution in [2.24, 2.45) is 0 Å². The summed E-state index contributed by atoms with van der Waals surface area (Å²) in [5.74, 6) is 0.246. The second-order valence-electron chi connectivity index (χ2n) is 4.54. The van der Waals surface area contributed by atoms with Crippen molar-refractivity contribution in [2.75, 3.05) is 25.7 Å². The summed E-state index contributed by atoms with van der Waals surface area (Å²) in [7, 11) is 2.88. The predicted molar refractivity (Wildman–Crippen MR) is 69.3 cm³/mol. The molecule has 0 aromatic heterocycles. The number of benzene rings is 1. The van der Waals surface area contributed by atoms with Crippen molar-refractivity contribution in [2.45, 2.75) is 12.5 Å². The van der Waals surface area contributed by atoms with Gasteiger partial charge in [-0.1, -0.05) is 0 Å². The lowest BCUT2D eigenvalue weighted by molar-refractivity contribution is -0.146. The molecule has 1 aliphatic rings. The molecule has 102 valence electrons. The van der Waals surface area contributed by atoms with Gasteiger partial charge in [-0.05, 0) is 31.2 Å². The van der Waals surface area contributed by atoms with E-state index in [0.29, 0.717) is 11.4 Å². The van der Waals surface area contributed by atoms with Crippen LogP contribution in [0.3, 0.4) is 0 Å². The maximum Gasteiger partial charge on any atom is 0.333 e. The first-order chi connectivity index (χ1) is 9.00. The second-order valence-corrected chi connectivity index (χ2v) is 4.54. The number of carbonyl (C=O) groups excluding carboxylic acids is 2. The summed E-state index contributed by atoms with van der Waals surface area (Å²) in [6.45, 7) is 1.87. The van der Waals surface area contributed by atoms with E-state index in [1.165, 1.54) is 12.0 Å². The third kappa shape index (κ3) is 2.33. The van der Waals surface area contributed by atoms with Crippen LogP contribution in [0.4, 0.5) is 10.5 Å². The molecule has 1 aromatic rings. The summed E-state index contributed by atoms with van der Waals surface area (Å²) >= 11 is 0. The molecular formula is C13H16N2O4. The van der Waals surface area contributed by atoms with E-state index in [0.717, 1.165) is 0 Å². The van der Waals surface area contributed by atoms with Gasteiger partial charge in [-0.3, -0.25) is 4.90 Å². The molecule has 1 saturated heterocycles. The number of rotatable bonds is 3. The minimum Gasteiger partial charge on any atom is -0.497 e. The summed E-state index contributed by atoms with van der Waals surface area (Å²) < 4.78 is 9.77. The van der Waals surface area contributed by atoms with E-state index >= 15 is 0 Å². The van der Waals surface area contributed by atoms with Crippen molar-refractivity contribution in [3.8, 4) is 5.75 Å². The minimum absolute atomic E-state index is 0.227. The maximum absolute atomic E-state index is 11.9. The number of hydrogen-bond donors (Lipinski definition) is 1. The maximum atomic E-state index is 11.9. The summed E-state index contributed by atoms with van der Waals surface area (Å²) in [4.78, 5) is 25.1. The van der Waals surface area contributed by atoms with Crippen molar-refractivity contribution in [3.63, 3.8) is 0 Å². The quantitative estimate of drug-likeness (QED) is 0.832. The number of methoxy groups -OCH3 is 2. The van der Waals surface area contributed by atoms with Gasteiger partial charge >= 0.3 is 12.0 Å². The Labute approximate surface area is 111 Å². The summed E-state index contributed by atoms with van der Waals surface area (Å²) in [5, 5.41) is 2.64. The van der Waals surface area contributed by atoms with Gasteiger partial charge < -0.3 is 14.8 Å². The van der Waals surface area contributed by atoms with E-state index in [2.05, 4.69) is 5.32 Å². The van der Waals surface area contributed by atoms with E-state index < -0.39 is 11.5 Å². The van der Waals surface area contributed by atoms with Gasteiger partial charge in [0.05, 0.1) is 20.8 Å². The Kier molecular flexibility index (Phi) is 3.33. The van der Waals surface area contributed by atoms with Crippen molar-refractivity contribution >= 4 is 17.7 Å². The molecule has 2 rings (SSSR count). The average Bonchev–Trinajstić information content (AvgIpc) is 2.74. The first-order valence-electron chi connectivity index (χ1n) is 5.82. The molecule has 1 aromatic carbocycles. The molecule has 0 saturated carbocycles. The van der Waals surface area contributed by atoms with Crippen LogP contribution in [0.5, 0.6) is 5.75 Å². The first-order valence-corrected chi connectivity index (χ1v) is 5.82. The lowest BCUT2D eigenvalue weighted by atomic mass is 10.0. The number of amides is 2. The Morgan fingerprint density at radius 2 is 1.95 bits per heavy atom. The number of esters is 1. The highest BCUT2D eigenvalue weighted by Crippen LogP contribution is 2.25. The van der Waals surface area contributed by atoms with Gasteiger partial charge in [-0.25, -0.2) is 9.59 Å². The Balaban J connectivity index is 2.22. The van der Waals surface area contributed by atoms with Crippen LogP contribution in [0, 0.1) is 0 Å². The molecule has 1 atom stereocenters. The highest BCUT2D eigenvalue weighted by molar-refractivity contribution is 6.01. The molecule has 1 unspecified atom stereocenters. The van der Waals surface area contributed by atoms with Crippen LogP contribution in [0.2, 0.25) is 0 Å². The van der Waals surface area contributed by atoms with Crippen molar-refractivity contribution < 1.29 is 19.1 Å². The second kappa shape index (κ2) is 4.79. The molecule has 2 amide bonds. The van der Waals surface area contributed by atoms with Crippen LogP contribution >= 0.6 is 0 Å². The number of hydrogen-bond acceptors (Lipinski definition) is 4. The molecule has 0 spiro atoms. The Bertz CT molecular complexity index is 500. The fourth-order valence-corrected chi connectivity index (χ4v) is 2.04. The normalized spacial score (nSPS) is 22.1. The SMILES string of the molecule is COC(=O)C1(C)CN(c2ccc(OC)cc2)C(=O)N1. The summed E-state index contributed by atoms with van der Waals surface area (Å²) in [6.07, 6.45) is 0. The van der Waals surface area contributed by atoms with Crippen LogP contribution in [0.15, 0.2) is 24.3 Å². The van der Waals surface area contributed by atoms with Gasteiger partial charge in [-0.15, -0.1) is 0 Å². The van der Waals surface area contributed by atoms with E-state index in [4.69, 9.17) is 9.47 Å². The number of ether oxygens (including phenoxy) is 2. The molecule has 1 fully saturated rings. The lowest BCUT2D eigenvalue weighted by Crippen LogP contribution is -2.48. The van der Waals surface area contributed by atoms with Gasteiger partial charge in [0.2, 0.25) is 0 Å². The molecule has 0 radical (unpaired) electrons. The average molecular weight is 264 g/mol. The van der Waals surface area contributed by atoms with Crippen LogP contribution in [0.1, 0.15) is 6.92 Å². The fourth-order valence-electron chi connectivity index (χ4n) is 2.04. The number of anilines is 1. The Hall–Kier alpha value is -2.24. The molecular weight excluding hydrogens is 248 g/mol. The Morgan fingerprint density at radius 1 is 1.32 bits per heavy atom. The lowest BCUT2D eigenvalue weighted by Gasteiger charge is -2.20. The highest BCUT2D eigenvalue weighted by atomic mass is 16.5. The van der Waals surface area contributed by atoms with Crippen LogP contribution < -0.4 is 15.0 Å². The third-order valence-corrected chi connectivity index (χ3v) is 3.12. The van der Waals surface area contributed by atoms with Crippen LogP contribution in [0.25, 0.3) is 0 Å². The van der Waals surface area contributed by atoms with Crippen LogP contribution in [-0.4, -0.2) is 38.3 Å². The summed E-state index contributed by atoms with van der Waals surface area (Å²) in [6, 6.07) is 6.73. The van der Waals surface area contributed by atoms with Gasteiger partial charge in [0, 0.05) is 5.69 Å². The zero-order valence-corrected chi connectivity index (χ0v) is 11.1. The van der Waals surface area contributed by atoms with Gasteiger partial charge in [0.25, 0.3) is 0 Å². The minimum atomic E-state index is -1.02. The number of urea groups is 1. The monoisotopic (exact) mass is 264 g/mol. The van der Waals surface area contributed by atoms with Crippen molar-refractivity contribution in [1.82, 2.24) is 5.32 Å². The van der Waals surface area contributed by atoms with Crippen LogP contribution in [-0.2, 0) is 9.53 Å². The molecule has 1 heterocycles. The van der Waals surface area contributed by atoms with E-state index in [1.54, 1.807) is 38.3 Å². The van der Waals surface area contributed by atoms with Gasteiger partial charge in [-0.2, -0.15) is 0 Å². The highest BCUT2D eigenvalue weighted by Gasteiger charge is 2.46. The molecule has 6 nitrogen and oxygen atoms in total. The Morgan fingerprint density at radius 3 is 2.47 bits per heavy atom. The number of nitrogens with one attached hydrogen (secondary N) is 1. The standard InChI is InChI=1S/C13H16N2O4/c1-13(11(16)19-3)8-15(12(17)14-13)9-4-6-10(18-2)7-5-9/h4-7H,8H2,1-3H3,(H,14,17). The molecule has 0 bridgehead atoms. The largest absolute Gasteiger partial charge is 0.497 e. The molecule has 0 aliphatic carbocycles. The zero-order chi connectivity index (χ0) is 14.0. The summed E-state index contributed by atoms with van der Waals surface area (Å²) in [5.41, 5.74) is -0.322. The first kappa shape index (κ1) is 13.2. The zero-order valence-electron chi connectivity index (χ0n) is 11.1. The number of carbonyl (C=O) groups is 2. The van der Waals surface area contributed by atoms with E-state index in [-0.39, 0.29) is 12.6 Å². The topological polar surface area (TPSA) is 67.9 Å². The number of nitrogens with zero attached hydrogens (tertiary/aromatic N) is 1. The van der Waals surface area contributed by atoms with Crippen molar-refractivity contribution in [3.05, 3.63) is 24.3 Å². The van der Waals surface area contributed by atoms with Gasteiger partial charge in [0.1, 0.15) is 5.75 Å². The van der Waals surface area contributed by atoms with Gasteiger partial charge in [0.15, 0.2) is 5.54 Å². The third-order valence-electron chi connectivity index (χ3n) is 3.12. The molecule has 1 aliphatic heterocycles. The fraction of sp³-hybridized carbons (Fsp3) is 0.385. The molecule has 6 heteroatoms. The van der Waals surface area contributed by atoms with E-state index in [9.17, 15) is 9.59 Å². The molecule has 19 heavy (non-hydrogen) atoms. The molecule has 1 N–H and O–H groups in total. The smallest absolute Gasteiger partial charge is 0.333 e. The van der Waals surface area contributed by atoms with Crippen molar-refractivity contribution in [1.29, 1.82) is 0 Å². The predicted octanol–water partition coefficient (Wildman–Crippen LogP) is 1.16.